The van der Waals surface area contributed by atoms with Crippen LogP contribution in [-0.4, -0.2) is 17.7 Å². The minimum atomic E-state index is -0.931. The maximum Gasteiger partial charge on any atom is 0.308 e. The summed E-state index contributed by atoms with van der Waals surface area (Å²) >= 11 is 9.21. The number of hydrogen-bond acceptors (Lipinski definition) is 3. The number of benzene rings is 1. The number of halogens is 2. The Kier molecular flexibility index (Phi) is 5.25. The highest BCUT2D eigenvalue weighted by Gasteiger charge is 2.16. The van der Waals surface area contributed by atoms with Gasteiger partial charge in [0.2, 0.25) is 0 Å². The van der Waals surface area contributed by atoms with Crippen molar-refractivity contribution in [2.24, 2.45) is 0 Å². The summed E-state index contributed by atoms with van der Waals surface area (Å²) in [6.07, 6.45) is -1.02. The minimum Gasteiger partial charge on any atom is -0.466 e. The fraction of sp³-hybridized carbons (Fsp3) is 0.364. The van der Waals surface area contributed by atoms with Gasteiger partial charge in [-0.05, 0) is 24.6 Å². The molecule has 0 radical (unpaired) electrons. The third-order valence-corrected chi connectivity index (χ3v) is 2.81. The Hall–Kier alpha value is -0.580. The van der Waals surface area contributed by atoms with Gasteiger partial charge >= 0.3 is 5.97 Å². The summed E-state index contributed by atoms with van der Waals surface area (Å²) in [5, 5.41) is 10.2. The van der Waals surface area contributed by atoms with Gasteiger partial charge in [0.15, 0.2) is 0 Å². The van der Waals surface area contributed by atoms with Crippen LogP contribution in [0.15, 0.2) is 22.7 Å². The van der Waals surface area contributed by atoms with Crippen molar-refractivity contribution in [3.8, 4) is 0 Å². The van der Waals surface area contributed by atoms with Crippen molar-refractivity contribution in [3.05, 3.63) is 33.3 Å². The van der Waals surface area contributed by atoms with Crippen LogP contribution in [0.4, 0.5) is 0 Å². The first-order valence-corrected chi connectivity index (χ1v) is 6.00. The van der Waals surface area contributed by atoms with Crippen LogP contribution < -0.4 is 0 Å². The third-order valence-electron chi connectivity index (χ3n) is 1.99. The Morgan fingerprint density at radius 1 is 1.62 bits per heavy atom. The maximum absolute atomic E-state index is 11.2. The summed E-state index contributed by atoms with van der Waals surface area (Å²) in [5.41, 5.74) is 0.526. The predicted molar refractivity (Wildman–Crippen MR) is 65.4 cm³/mol. The Morgan fingerprint density at radius 2 is 2.31 bits per heavy atom. The van der Waals surface area contributed by atoms with E-state index in [4.69, 9.17) is 16.3 Å². The molecule has 0 saturated heterocycles. The van der Waals surface area contributed by atoms with E-state index in [2.05, 4.69) is 15.9 Å². The summed E-state index contributed by atoms with van der Waals surface area (Å²) < 4.78 is 5.57. The smallest absolute Gasteiger partial charge is 0.308 e. The number of rotatable bonds is 4. The second-order valence-corrected chi connectivity index (χ2v) is 4.51. The van der Waals surface area contributed by atoms with E-state index in [1.165, 1.54) is 0 Å². The first-order valence-electron chi connectivity index (χ1n) is 4.83. The van der Waals surface area contributed by atoms with Crippen LogP contribution in [-0.2, 0) is 9.53 Å². The molecule has 1 atom stereocenters. The molecule has 1 rings (SSSR count). The van der Waals surface area contributed by atoms with Crippen LogP contribution in [0, 0.1) is 0 Å². The zero-order valence-electron chi connectivity index (χ0n) is 8.74. The molecule has 1 aromatic rings. The lowest BCUT2D eigenvalue weighted by atomic mass is 10.1. The molecule has 0 heterocycles. The highest BCUT2D eigenvalue weighted by atomic mass is 79.9. The number of carbonyl (C=O) groups is 1. The van der Waals surface area contributed by atoms with E-state index in [1.807, 2.05) is 0 Å². The van der Waals surface area contributed by atoms with Gasteiger partial charge in [0.05, 0.1) is 19.1 Å². The fourth-order valence-electron chi connectivity index (χ4n) is 1.26. The van der Waals surface area contributed by atoms with E-state index in [0.29, 0.717) is 17.2 Å². The molecule has 5 heteroatoms. The molecule has 16 heavy (non-hydrogen) atoms. The molecule has 0 aliphatic carbocycles. The van der Waals surface area contributed by atoms with E-state index >= 15 is 0 Å². The molecule has 1 unspecified atom stereocenters. The van der Waals surface area contributed by atoms with E-state index in [9.17, 15) is 9.90 Å². The first-order chi connectivity index (χ1) is 7.54. The number of carbonyl (C=O) groups excluding carboxylic acids is 1. The van der Waals surface area contributed by atoms with Gasteiger partial charge in [-0.2, -0.15) is 0 Å². The quantitative estimate of drug-likeness (QED) is 0.870. The largest absolute Gasteiger partial charge is 0.466 e. The zero-order valence-corrected chi connectivity index (χ0v) is 11.1. The van der Waals surface area contributed by atoms with Gasteiger partial charge in [-0.1, -0.05) is 33.6 Å². The first kappa shape index (κ1) is 13.5. The number of aliphatic hydroxyl groups excluding tert-OH is 1. The number of ether oxygens (including phenoxy) is 1. The van der Waals surface area contributed by atoms with Crippen LogP contribution in [0.25, 0.3) is 0 Å². The maximum atomic E-state index is 11.2. The average molecular weight is 308 g/mol. The second-order valence-electron chi connectivity index (χ2n) is 3.19. The van der Waals surface area contributed by atoms with E-state index in [1.54, 1.807) is 25.1 Å². The standard InChI is InChI=1S/C11H12BrClO3/c1-2-16-11(15)6-10(14)8-4-3-7(12)5-9(8)13/h3-5,10,14H,2,6H2,1H3. The summed E-state index contributed by atoms with van der Waals surface area (Å²) in [5.74, 6) is -0.436. The Morgan fingerprint density at radius 3 is 2.88 bits per heavy atom. The molecule has 1 aromatic carbocycles. The minimum absolute atomic E-state index is 0.0881. The van der Waals surface area contributed by atoms with Crippen LogP contribution in [0.1, 0.15) is 25.0 Å². The molecule has 0 aliphatic rings. The van der Waals surface area contributed by atoms with Gasteiger partial charge in [-0.25, -0.2) is 0 Å². The topological polar surface area (TPSA) is 46.5 Å². The normalized spacial score (nSPS) is 12.2. The molecule has 0 spiro atoms. The average Bonchev–Trinajstić information content (AvgIpc) is 2.17. The van der Waals surface area contributed by atoms with Crippen LogP contribution in [0.2, 0.25) is 5.02 Å². The molecule has 0 amide bonds. The molecule has 88 valence electrons. The molecular weight excluding hydrogens is 295 g/mol. The van der Waals surface area contributed by atoms with Gasteiger partial charge in [0, 0.05) is 9.50 Å². The van der Waals surface area contributed by atoms with Gasteiger partial charge in [-0.3, -0.25) is 4.79 Å². The van der Waals surface area contributed by atoms with Gasteiger partial charge in [0.1, 0.15) is 0 Å². The Balaban J connectivity index is 2.72. The van der Waals surface area contributed by atoms with Crippen molar-refractivity contribution >= 4 is 33.5 Å². The molecule has 0 aromatic heterocycles. The zero-order chi connectivity index (χ0) is 12.1. The molecule has 0 fully saturated rings. The SMILES string of the molecule is CCOC(=O)CC(O)c1ccc(Br)cc1Cl. The third kappa shape index (κ3) is 3.77. The summed E-state index contributed by atoms with van der Waals surface area (Å²) in [6.45, 7) is 2.02. The van der Waals surface area contributed by atoms with E-state index in [-0.39, 0.29) is 6.42 Å². The van der Waals surface area contributed by atoms with Crippen molar-refractivity contribution in [3.63, 3.8) is 0 Å². The van der Waals surface area contributed by atoms with Crippen molar-refractivity contribution < 1.29 is 14.6 Å². The van der Waals surface area contributed by atoms with Crippen molar-refractivity contribution in [2.45, 2.75) is 19.4 Å². The summed E-state index contributed by atoms with van der Waals surface area (Å²) in [7, 11) is 0. The van der Waals surface area contributed by atoms with Crippen LogP contribution in [0.5, 0.6) is 0 Å². The number of esters is 1. The fourth-order valence-corrected chi connectivity index (χ4v) is 2.06. The summed E-state index contributed by atoms with van der Waals surface area (Å²) in [4.78, 5) is 11.2. The van der Waals surface area contributed by atoms with Gasteiger partial charge < -0.3 is 9.84 Å². The molecule has 0 bridgehead atoms. The lowest BCUT2D eigenvalue weighted by molar-refractivity contribution is -0.145. The highest BCUT2D eigenvalue weighted by molar-refractivity contribution is 9.10. The Bertz CT molecular complexity index is 381. The van der Waals surface area contributed by atoms with E-state index in [0.717, 1.165) is 4.47 Å². The van der Waals surface area contributed by atoms with Gasteiger partial charge in [0.25, 0.3) is 0 Å². The van der Waals surface area contributed by atoms with Crippen LogP contribution >= 0.6 is 27.5 Å². The molecule has 0 aliphatic heterocycles. The highest BCUT2D eigenvalue weighted by Crippen LogP contribution is 2.28. The van der Waals surface area contributed by atoms with Crippen molar-refractivity contribution in [1.82, 2.24) is 0 Å². The molecular formula is C11H12BrClO3. The lowest BCUT2D eigenvalue weighted by Crippen LogP contribution is -2.10. The number of hydrogen-bond donors (Lipinski definition) is 1. The summed E-state index contributed by atoms with van der Waals surface area (Å²) in [6, 6.07) is 5.11. The van der Waals surface area contributed by atoms with E-state index < -0.39 is 12.1 Å². The molecule has 0 saturated carbocycles. The van der Waals surface area contributed by atoms with Gasteiger partial charge in [-0.15, -0.1) is 0 Å². The number of aliphatic hydroxyl groups is 1. The predicted octanol–water partition coefficient (Wildman–Crippen LogP) is 3.09. The lowest BCUT2D eigenvalue weighted by Gasteiger charge is -2.12. The van der Waals surface area contributed by atoms with Crippen molar-refractivity contribution in [1.29, 1.82) is 0 Å². The molecule has 1 N–H and O–H groups in total. The second kappa shape index (κ2) is 6.23. The Labute approximate surface area is 107 Å². The monoisotopic (exact) mass is 306 g/mol. The van der Waals surface area contributed by atoms with Crippen molar-refractivity contribution in [2.75, 3.05) is 6.61 Å². The van der Waals surface area contributed by atoms with Crippen LogP contribution in [0.3, 0.4) is 0 Å². The molecule has 3 nitrogen and oxygen atoms in total.